The minimum Gasteiger partial charge on any atom is -0.420 e. The normalized spacial score (nSPS) is 20.0. The Balaban J connectivity index is 2.10. The molecule has 0 saturated carbocycles. The van der Waals surface area contributed by atoms with E-state index in [1.54, 1.807) is 24.3 Å². The zero-order valence-electron chi connectivity index (χ0n) is 15.2. The number of primary amides is 1. The fraction of sp³-hybridized carbons (Fsp3) is 0.263. The lowest BCUT2D eigenvalue weighted by Gasteiger charge is -2.32. The van der Waals surface area contributed by atoms with E-state index in [0.717, 1.165) is 6.42 Å². The average molecular weight is 378 g/mol. The van der Waals surface area contributed by atoms with E-state index in [1.807, 2.05) is 6.92 Å². The first-order valence-electron chi connectivity index (χ1n) is 8.82. The fourth-order valence-electron chi connectivity index (χ4n) is 4.10. The van der Waals surface area contributed by atoms with Crippen LogP contribution in [-0.2, 0) is 21.4 Å². The maximum atomic E-state index is 13.8. The van der Waals surface area contributed by atoms with E-state index in [0.29, 0.717) is 28.9 Å². The summed E-state index contributed by atoms with van der Waals surface area (Å²) in [4.78, 5) is 26.7. The average Bonchev–Trinajstić information content (AvgIpc) is 3.16. The van der Waals surface area contributed by atoms with Gasteiger partial charge in [0.15, 0.2) is 0 Å². The summed E-state index contributed by atoms with van der Waals surface area (Å²) in [6.45, 7) is 1.68. The van der Waals surface area contributed by atoms with Gasteiger partial charge in [-0.15, -0.1) is 5.10 Å². The number of rotatable bonds is 4. The van der Waals surface area contributed by atoms with Gasteiger partial charge in [-0.25, -0.2) is 0 Å². The molecule has 4 rings (SSSR count). The van der Waals surface area contributed by atoms with Crippen LogP contribution < -0.4 is 21.1 Å². The summed E-state index contributed by atoms with van der Waals surface area (Å²) in [6.07, 6.45) is 1.38. The van der Waals surface area contributed by atoms with Crippen LogP contribution in [0.2, 0.25) is 0 Å². The maximum absolute atomic E-state index is 13.8. The number of hydrogen-bond donors (Lipinski definition) is 3. The number of aromatic amines is 1. The van der Waals surface area contributed by atoms with Crippen molar-refractivity contribution < 1.29 is 14.3 Å². The highest BCUT2D eigenvalue weighted by Crippen LogP contribution is 2.55. The standard InChI is InChI=1S/C19H18N6O3/c1-2-5-12-15-17(24-23-12)28-16(22)11(8-20)19(15)10-6-3-4-7-13(10)25(18(19)27)9-14(21)26/h3-4,6-7H,2,5,9,22H2,1H3,(H2,21,26)(H,23,24)/t19-/m1/s1. The molecule has 0 fully saturated rings. The smallest absolute Gasteiger partial charge is 0.248 e. The number of carbonyl (C=O) groups is 2. The van der Waals surface area contributed by atoms with Crippen LogP contribution in [-0.4, -0.2) is 28.6 Å². The Bertz CT molecular complexity index is 1080. The van der Waals surface area contributed by atoms with Crippen molar-refractivity contribution in [2.24, 2.45) is 11.5 Å². The summed E-state index contributed by atoms with van der Waals surface area (Å²) >= 11 is 0. The molecule has 9 heteroatoms. The first-order chi connectivity index (χ1) is 13.5. The molecule has 142 valence electrons. The van der Waals surface area contributed by atoms with Crippen LogP contribution in [0.5, 0.6) is 5.88 Å². The highest BCUT2D eigenvalue weighted by Gasteiger charge is 2.61. The number of H-pyrrole nitrogens is 1. The number of nitriles is 1. The van der Waals surface area contributed by atoms with E-state index < -0.39 is 17.2 Å². The molecule has 5 N–H and O–H groups in total. The first kappa shape index (κ1) is 17.6. The van der Waals surface area contributed by atoms with Crippen molar-refractivity contribution in [3.05, 3.63) is 52.5 Å². The molecule has 1 aromatic carbocycles. The van der Waals surface area contributed by atoms with E-state index in [2.05, 4.69) is 16.3 Å². The van der Waals surface area contributed by atoms with Gasteiger partial charge < -0.3 is 21.1 Å². The zero-order chi connectivity index (χ0) is 20.1. The molecule has 1 atom stereocenters. The second-order valence-electron chi connectivity index (χ2n) is 6.71. The molecule has 2 aliphatic heterocycles. The predicted octanol–water partition coefficient (Wildman–Crippen LogP) is 0.566. The summed E-state index contributed by atoms with van der Waals surface area (Å²) < 4.78 is 5.56. The van der Waals surface area contributed by atoms with Gasteiger partial charge in [0.1, 0.15) is 23.6 Å². The zero-order valence-corrected chi connectivity index (χ0v) is 15.2. The molecule has 9 nitrogen and oxygen atoms in total. The number of ether oxygens (including phenoxy) is 1. The van der Waals surface area contributed by atoms with Crippen molar-refractivity contribution in [1.82, 2.24) is 10.2 Å². The topological polar surface area (TPSA) is 151 Å². The molecule has 0 saturated heterocycles. The van der Waals surface area contributed by atoms with Gasteiger partial charge >= 0.3 is 0 Å². The molecule has 0 radical (unpaired) electrons. The lowest BCUT2D eigenvalue weighted by atomic mass is 9.68. The Morgan fingerprint density at radius 1 is 1.43 bits per heavy atom. The summed E-state index contributed by atoms with van der Waals surface area (Å²) in [5.41, 5.74) is 12.0. The Morgan fingerprint density at radius 3 is 2.86 bits per heavy atom. The van der Waals surface area contributed by atoms with Gasteiger partial charge in [0.25, 0.3) is 0 Å². The molecule has 0 bridgehead atoms. The molecule has 2 aromatic rings. The van der Waals surface area contributed by atoms with Crippen LogP contribution in [0.15, 0.2) is 35.7 Å². The lowest BCUT2D eigenvalue weighted by molar-refractivity contribution is -0.123. The van der Waals surface area contributed by atoms with Gasteiger partial charge in [-0.1, -0.05) is 31.5 Å². The number of amides is 2. The van der Waals surface area contributed by atoms with Crippen molar-refractivity contribution in [3.63, 3.8) is 0 Å². The number of hydrogen-bond acceptors (Lipinski definition) is 6. The van der Waals surface area contributed by atoms with Crippen LogP contribution in [0.25, 0.3) is 0 Å². The number of aryl methyl sites for hydroxylation is 1. The molecular formula is C19H18N6O3. The molecule has 28 heavy (non-hydrogen) atoms. The van der Waals surface area contributed by atoms with Crippen molar-refractivity contribution in [2.45, 2.75) is 25.2 Å². The van der Waals surface area contributed by atoms with E-state index in [-0.39, 0.29) is 23.9 Å². The summed E-state index contributed by atoms with van der Waals surface area (Å²) in [5, 5.41) is 17.0. The van der Waals surface area contributed by atoms with Gasteiger partial charge in [-0.3, -0.25) is 14.7 Å². The maximum Gasteiger partial charge on any atom is 0.248 e. The van der Waals surface area contributed by atoms with Crippen molar-refractivity contribution in [3.8, 4) is 11.9 Å². The van der Waals surface area contributed by atoms with E-state index >= 15 is 0 Å². The number of benzene rings is 1. The van der Waals surface area contributed by atoms with E-state index in [1.165, 1.54) is 4.90 Å². The Hall–Kier alpha value is -3.80. The molecule has 2 aliphatic rings. The van der Waals surface area contributed by atoms with Crippen molar-refractivity contribution >= 4 is 17.5 Å². The van der Waals surface area contributed by atoms with Crippen molar-refractivity contribution in [2.75, 3.05) is 11.4 Å². The number of carbonyl (C=O) groups excluding carboxylic acids is 2. The minimum absolute atomic E-state index is 0.0248. The highest BCUT2D eigenvalue weighted by atomic mass is 16.5. The summed E-state index contributed by atoms with van der Waals surface area (Å²) in [6, 6.07) is 9.03. The van der Waals surface area contributed by atoms with Crippen molar-refractivity contribution in [1.29, 1.82) is 5.26 Å². The molecular weight excluding hydrogens is 360 g/mol. The second-order valence-corrected chi connectivity index (χ2v) is 6.71. The monoisotopic (exact) mass is 378 g/mol. The summed E-state index contributed by atoms with van der Waals surface area (Å²) in [5.74, 6) is -1.17. The third-order valence-corrected chi connectivity index (χ3v) is 5.10. The number of nitrogens with zero attached hydrogens (tertiary/aromatic N) is 3. The van der Waals surface area contributed by atoms with Gasteiger partial charge in [0, 0.05) is 16.9 Å². The molecule has 1 spiro atoms. The number of anilines is 1. The number of nitrogens with two attached hydrogens (primary N) is 2. The fourth-order valence-corrected chi connectivity index (χ4v) is 4.10. The number of nitrogens with one attached hydrogen (secondary N) is 1. The van der Waals surface area contributed by atoms with Crippen LogP contribution in [0, 0.1) is 11.3 Å². The van der Waals surface area contributed by atoms with Gasteiger partial charge in [-0.05, 0) is 12.5 Å². The predicted molar refractivity (Wildman–Crippen MR) is 98.8 cm³/mol. The number of para-hydroxylation sites is 1. The molecule has 1 aromatic heterocycles. The lowest BCUT2D eigenvalue weighted by Crippen LogP contribution is -2.48. The van der Waals surface area contributed by atoms with Crippen LogP contribution >= 0.6 is 0 Å². The molecule has 2 amide bonds. The van der Waals surface area contributed by atoms with E-state index in [4.69, 9.17) is 16.2 Å². The van der Waals surface area contributed by atoms with Gasteiger partial charge in [0.05, 0.1) is 5.56 Å². The minimum atomic E-state index is -1.53. The molecule has 3 heterocycles. The number of aromatic nitrogens is 2. The largest absolute Gasteiger partial charge is 0.420 e. The number of fused-ring (bicyclic) bond motifs is 4. The van der Waals surface area contributed by atoms with E-state index in [9.17, 15) is 14.9 Å². The third kappa shape index (κ3) is 2.08. The summed E-state index contributed by atoms with van der Waals surface area (Å²) in [7, 11) is 0. The van der Waals surface area contributed by atoms with Crippen LogP contribution in [0.4, 0.5) is 5.69 Å². The quantitative estimate of drug-likeness (QED) is 0.707. The third-order valence-electron chi connectivity index (χ3n) is 5.10. The Morgan fingerprint density at radius 2 is 2.18 bits per heavy atom. The van der Waals surface area contributed by atoms with Crippen LogP contribution in [0.1, 0.15) is 30.2 Å². The Kier molecular flexibility index (Phi) is 3.85. The van der Waals surface area contributed by atoms with Crippen LogP contribution in [0.3, 0.4) is 0 Å². The molecule has 0 aliphatic carbocycles. The Labute approximate surface area is 160 Å². The van der Waals surface area contributed by atoms with Gasteiger partial charge in [0.2, 0.25) is 23.6 Å². The SMILES string of the molecule is CCCc1[nH]nc2c1[C@]1(C(=O)N(CC(N)=O)c3ccccc31)C(C#N)=C(N)O2. The second kappa shape index (κ2) is 6.13. The first-order valence-corrected chi connectivity index (χ1v) is 8.82. The molecule has 0 unspecified atom stereocenters. The highest BCUT2D eigenvalue weighted by molar-refractivity contribution is 6.16. The van der Waals surface area contributed by atoms with Gasteiger partial charge in [-0.2, -0.15) is 5.26 Å².